The molecule has 0 saturated heterocycles. The minimum absolute atomic E-state index is 0.917. The van der Waals surface area contributed by atoms with Gasteiger partial charge in [0.25, 0.3) is 0 Å². The molecule has 0 aliphatic rings. The highest BCUT2D eigenvalue weighted by atomic mass is 14.8. The molecule has 4 heterocycles. The first-order valence-electron chi connectivity index (χ1n) is 18.9. The summed E-state index contributed by atoms with van der Waals surface area (Å²) in [6, 6.07) is 66.2. The van der Waals surface area contributed by atoms with Crippen molar-refractivity contribution in [3.05, 3.63) is 194 Å². The van der Waals surface area contributed by atoms with Crippen LogP contribution in [0.4, 0.5) is 0 Å². The summed E-state index contributed by atoms with van der Waals surface area (Å²) >= 11 is 0. The smallest absolute Gasteiger partial charge is 0.0972 e. The zero-order chi connectivity index (χ0) is 37.0. The van der Waals surface area contributed by atoms with Crippen molar-refractivity contribution < 1.29 is 0 Å². The first kappa shape index (κ1) is 31.9. The fraction of sp³-hybridized carbons (Fsp3) is 0. The minimum atomic E-state index is 0.917. The molecule has 0 amide bonds. The van der Waals surface area contributed by atoms with Gasteiger partial charge >= 0.3 is 0 Å². The highest BCUT2D eigenvalue weighted by molar-refractivity contribution is 6.07. The first-order chi connectivity index (χ1) is 27.7. The molecule has 0 saturated carbocycles. The summed E-state index contributed by atoms with van der Waals surface area (Å²) in [6.45, 7) is 0. The maximum Gasteiger partial charge on any atom is 0.0972 e. The van der Waals surface area contributed by atoms with Crippen LogP contribution in [0.2, 0.25) is 0 Å². The molecule has 0 spiro atoms. The summed E-state index contributed by atoms with van der Waals surface area (Å²) in [7, 11) is 0. The minimum Gasteiger partial charge on any atom is -0.254 e. The lowest BCUT2D eigenvalue weighted by Gasteiger charge is -2.13. The number of aromatic nitrogens is 4. The summed E-state index contributed by atoms with van der Waals surface area (Å²) in [5.41, 5.74) is 14.6. The molecule has 4 nitrogen and oxygen atoms in total. The fourth-order valence-electron chi connectivity index (χ4n) is 8.00. The Bertz CT molecular complexity index is 3300. The van der Waals surface area contributed by atoms with Crippen LogP contribution in [-0.4, -0.2) is 19.9 Å². The van der Waals surface area contributed by atoms with Crippen LogP contribution in [-0.2, 0) is 0 Å². The summed E-state index contributed by atoms with van der Waals surface area (Å²) in [5, 5.41) is 6.66. The molecule has 7 aromatic carbocycles. The standard InChI is InChI=1S/C52H32N4/c1-2-7-33(8-3-1)34-12-14-35(15-13-34)46-27-21-40-31-38(19-25-47(40)54-46)39-20-26-48-41(32-39)22-29-49(55-48)44-23-24-45(43-11-5-4-10-42(43)44)50-28-18-37-17-16-36-9-6-30-53-51(36)52(37)56-50/h1-32H. The van der Waals surface area contributed by atoms with Crippen molar-refractivity contribution in [1.82, 2.24) is 19.9 Å². The van der Waals surface area contributed by atoms with Crippen molar-refractivity contribution in [2.24, 2.45) is 0 Å². The summed E-state index contributed by atoms with van der Waals surface area (Å²) < 4.78 is 0. The van der Waals surface area contributed by atoms with Crippen LogP contribution in [0.3, 0.4) is 0 Å². The van der Waals surface area contributed by atoms with Crippen LogP contribution in [0.5, 0.6) is 0 Å². The Morgan fingerprint density at radius 1 is 0.286 bits per heavy atom. The summed E-state index contributed by atoms with van der Waals surface area (Å²) in [6.07, 6.45) is 1.83. The van der Waals surface area contributed by atoms with Crippen LogP contribution in [0.15, 0.2) is 194 Å². The van der Waals surface area contributed by atoms with Crippen molar-refractivity contribution in [3.63, 3.8) is 0 Å². The molecule has 0 unspecified atom stereocenters. The van der Waals surface area contributed by atoms with Crippen molar-refractivity contribution in [3.8, 4) is 56.0 Å². The molecule has 4 heteroatoms. The zero-order valence-electron chi connectivity index (χ0n) is 30.3. The number of nitrogens with zero attached hydrogens (tertiary/aromatic N) is 4. The largest absolute Gasteiger partial charge is 0.254 e. The van der Waals surface area contributed by atoms with Gasteiger partial charge in [0.2, 0.25) is 0 Å². The number of benzene rings is 7. The molecule has 0 atom stereocenters. The van der Waals surface area contributed by atoms with Gasteiger partial charge in [-0.3, -0.25) is 4.98 Å². The van der Waals surface area contributed by atoms with Crippen LogP contribution < -0.4 is 0 Å². The van der Waals surface area contributed by atoms with Gasteiger partial charge in [0.15, 0.2) is 0 Å². The Hall–Kier alpha value is -7.56. The Kier molecular flexibility index (Phi) is 7.46. The lowest BCUT2D eigenvalue weighted by atomic mass is 9.95. The lowest BCUT2D eigenvalue weighted by Crippen LogP contribution is -1.92. The van der Waals surface area contributed by atoms with E-state index in [4.69, 9.17) is 15.0 Å². The maximum absolute atomic E-state index is 5.18. The highest BCUT2D eigenvalue weighted by Gasteiger charge is 2.14. The van der Waals surface area contributed by atoms with Crippen molar-refractivity contribution in [2.75, 3.05) is 0 Å². The van der Waals surface area contributed by atoms with E-state index in [9.17, 15) is 0 Å². The van der Waals surface area contributed by atoms with Crippen LogP contribution >= 0.6 is 0 Å². The van der Waals surface area contributed by atoms with Gasteiger partial charge in [0.05, 0.1) is 39.1 Å². The topological polar surface area (TPSA) is 51.6 Å². The van der Waals surface area contributed by atoms with E-state index in [0.29, 0.717) is 0 Å². The maximum atomic E-state index is 5.18. The van der Waals surface area contributed by atoms with E-state index in [2.05, 4.69) is 181 Å². The predicted molar refractivity (Wildman–Crippen MR) is 232 cm³/mol. The molecular weight excluding hydrogens is 681 g/mol. The number of rotatable bonds is 5. The molecule has 0 fully saturated rings. The van der Waals surface area contributed by atoms with E-state index in [-0.39, 0.29) is 0 Å². The molecule has 0 N–H and O–H groups in total. The second-order valence-electron chi connectivity index (χ2n) is 14.3. The number of hydrogen-bond donors (Lipinski definition) is 0. The first-order valence-corrected chi connectivity index (χ1v) is 18.9. The zero-order valence-corrected chi connectivity index (χ0v) is 30.3. The molecule has 0 aliphatic heterocycles. The average Bonchev–Trinajstić information content (AvgIpc) is 3.28. The molecule has 11 rings (SSSR count). The fourth-order valence-corrected chi connectivity index (χ4v) is 8.00. The normalized spacial score (nSPS) is 11.6. The number of pyridine rings is 4. The molecular formula is C52H32N4. The van der Waals surface area contributed by atoms with Crippen LogP contribution in [0.25, 0.3) is 110 Å². The molecule has 0 aliphatic carbocycles. The molecule has 11 aromatic rings. The summed E-state index contributed by atoms with van der Waals surface area (Å²) in [4.78, 5) is 20.0. The second kappa shape index (κ2) is 13.1. The molecule has 4 aromatic heterocycles. The van der Waals surface area contributed by atoms with E-state index in [1.807, 2.05) is 18.3 Å². The van der Waals surface area contributed by atoms with Gasteiger partial charge in [-0.2, -0.15) is 0 Å². The van der Waals surface area contributed by atoms with Gasteiger partial charge in [0, 0.05) is 44.4 Å². The molecule has 56 heavy (non-hydrogen) atoms. The number of hydrogen-bond acceptors (Lipinski definition) is 4. The van der Waals surface area contributed by atoms with Gasteiger partial charge in [-0.05, 0) is 81.6 Å². The van der Waals surface area contributed by atoms with Gasteiger partial charge < -0.3 is 0 Å². The lowest BCUT2D eigenvalue weighted by molar-refractivity contribution is 1.37. The molecule has 0 radical (unpaired) electrons. The highest BCUT2D eigenvalue weighted by Crippen LogP contribution is 2.37. The quantitative estimate of drug-likeness (QED) is 0.167. The Morgan fingerprint density at radius 3 is 1.46 bits per heavy atom. The van der Waals surface area contributed by atoms with Crippen molar-refractivity contribution in [2.45, 2.75) is 0 Å². The van der Waals surface area contributed by atoms with Crippen molar-refractivity contribution in [1.29, 1.82) is 0 Å². The average molecular weight is 713 g/mol. The Balaban J connectivity index is 0.897. The molecule has 0 bridgehead atoms. The van der Waals surface area contributed by atoms with Crippen molar-refractivity contribution >= 4 is 54.4 Å². The Labute approximate surface area is 323 Å². The SMILES string of the molecule is c1ccc(-c2ccc(-c3ccc4cc(-c5ccc6nc(-c7ccc(-c8ccc9ccc%10cccnc%10c9n8)c8ccccc78)ccc6c5)ccc4n3)cc2)cc1. The van der Waals surface area contributed by atoms with E-state index in [1.54, 1.807) is 0 Å². The second-order valence-corrected chi connectivity index (χ2v) is 14.3. The van der Waals surface area contributed by atoms with E-state index >= 15 is 0 Å². The predicted octanol–water partition coefficient (Wildman–Crippen LogP) is 13.4. The van der Waals surface area contributed by atoms with E-state index in [1.165, 1.54) is 11.1 Å². The van der Waals surface area contributed by atoms with E-state index in [0.717, 1.165) is 99.3 Å². The monoisotopic (exact) mass is 712 g/mol. The Morgan fingerprint density at radius 2 is 0.786 bits per heavy atom. The third-order valence-corrected chi connectivity index (χ3v) is 10.9. The third-order valence-electron chi connectivity index (χ3n) is 10.9. The van der Waals surface area contributed by atoms with Gasteiger partial charge in [-0.1, -0.05) is 140 Å². The van der Waals surface area contributed by atoms with Gasteiger partial charge in [-0.15, -0.1) is 0 Å². The third kappa shape index (κ3) is 5.55. The van der Waals surface area contributed by atoms with Crippen LogP contribution in [0, 0.1) is 0 Å². The van der Waals surface area contributed by atoms with Gasteiger partial charge in [0.1, 0.15) is 0 Å². The number of fused-ring (bicyclic) bond motifs is 6. The summed E-state index contributed by atoms with van der Waals surface area (Å²) in [5.74, 6) is 0. The molecule has 260 valence electrons. The van der Waals surface area contributed by atoms with Crippen LogP contribution in [0.1, 0.15) is 0 Å². The van der Waals surface area contributed by atoms with E-state index < -0.39 is 0 Å². The van der Waals surface area contributed by atoms with Gasteiger partial charge in [-0.25, -0.2) is 15.0 Å².